The summed E-state index contributed by atoms with van der Waals surface area (Å²) in [7, 11) is 1.86. The molecule has 1 N–H and O–H groups in total. The Bertz CT molecular complexity index is 147. The van der Waals surface area contributed by atoms with E-state index in [1.807, 2.05) is 7.05 Å². The number of nitrogens with one attached hydrogen (secondary N) is 1. The fraction of sp³-hybridized carbons (Fsp3) is 1.00. The smallest absolute Gasteiger partial charge is 0.244 e. The highest BCUT2D eigenvalue weighted by molar-refractivity contribution is 5.23. The van der Waals surface area contributed by atoms with Crippen LogP contribution in [0.4, 0.5) is 8.78 Å². The molecule has 0 heterocycles. The van der Waals surface area contributed by atoms with E-state index in [0.29, 0.717) is 19.3 Å². The Morgan fingerprint density at radius 2 is 1.80 bits per heavy atom. The van der Waals surface area contributed by atoms with Crippen LogP contribution in [0, 0.1) is 5.41 Å². The number of rotatable bonds is 2. The van der Waals surface area contributed by atoms with Gasteiger partial charge in [-0.05, 0) is 26.3 Å². The van der Waals surface area contributed by atoms with E-state index >= 15 is 0 Å². The molecule has 0 amide bonds. The molecule has 0 aromatic rings. The van der Waals surface area contributed by atoms with Gasteiger partial charge in [0, 0.05) is 11.0 Å². The van der Waals surface area contributed by atoms with E-state index in [2.05, 4.69) is 5.32 Å². The van der Waals surface area contributed by atoms with Crippen LogP contribution in [0.2, 0.25) is 0 Å². The van der Waals surface area contributed by atoms with Crippen LogP contribution in [-0.2, 0) is 0 Å². The summed E-state index contributed by atoms with van der Waals surface area (Å²) >= 11 is 0. The van der Waals surface area contributed by atoms with Gasteiger partial charge in [-0.3, -0.25) is 0 Å². The molecule has 0 unspecified atom stereocenters. The van der Waals surface area contributed by atoms with Crippen molar-refractivity contribution in [2.24, 2.45) is 5.41 Å². The van der Waals surface area contributed by atoms with Crippen LogP contribution in [0.15, 0.2) is 0 Å². The maximum atomic E-state index is 12.2. The summed E-state index contributed by atoms with van der Waals surface area (Å²) in [5.41, 5.74) is -0.445. The van der Waals surface area contributed by atoms with Crippen molar-refractivity contribution in [2.45, 2.75) is 31.2 Å². The molecule has 0 saturated heterocycles. The van der Waals surface area contributed by atoms with Crippen molar-refractivity contribution in [3.05, 3.63) is 0 Å². The van der Waals surface area contributed by atoms with E-state index in [9.17, 15) is 8.78 Å². The minimum Gasteiger partial charge on any atom is -0.314 e. The summed E-state index contributed by atoms with van der Waals surface area (Å²) in [6.07, 6.45) is -0.0287. The highest BCUT2D eigenvalue weighted by Gasteiger charge is 2.71. The topological polar surface area (TPSA) is 12.0 Å². The standard InChI is InChI=1S/C7H11F2N/c1-10-7-2-6(3-7,4-7)5(8)9/h5,10H,2-4H2,1H3. The molecule has 3 fully saturated rings. The molecule has 0 atom stereocenters. The Labute approximate surface area is 58.8 Å². The fourth-order valence-electron chi connectivity index (χ4n) is 2.36. The Kier molecular flexibility index (Phi) is 0.994. The highest BCUT2D eigenvalue weighted by Crippen LogP contribution is 2.69. The molecule has 0 aromatic carbocycles. The first-order valence-corrected chi connectivity index (χ1v) is 3.60. The third-order valence-electron chi connectivity index (χ3n) is 3.06. The lowest BCUT2D eigenvalue weighted by Crippen LogP contribution is -2.75. The summed E-state index contributed by atoms with van der Waals surface area (Å²) in [4.78, 5) is 0. The van der Waals surface area contributed by atoms with Crippen molar-refractivity contribution in [1.82, 2.24) is 5.32 Å². The van der Waals surface area contributed by atoms with Crippen molar-refractivity contribution in [3.8, 4) is 0 Å². The number of halogens is 2. The molecule has 3 aliphatic carbocycles. The van der Waals surface area contributed by atoms with Crippen LogP contribution < -0.4 is 5.32 Å². The monoisotopic (exact) mass is 147 g/mol. The molecule has 3 aliphatic rings. The molecule has 3 heteroatoms. The van der Waals surface area contributed by atoms with Crippen molar-refractivity contribution in [3.63, 3.8) is 0 Å². The van der Waals surface area contributed by atoms with Crippen molar-refractivity contribution < 1.29 is 8.78 Å². The second-order valence-electron chi connectivity index (χ2n) is 3.72. The van der Waals surface area contributed by atoms with Crippen LogP contribution in [0.3, 0.4) is 0 Å². The first kappa shape index (κ1) is 6.53. The second kappa shape index (κ2) is 1.52. The van der Waals surface area contributed by atoms with Crippen LogP contribution in [0.1, 0.15) is 19.3 Å². The number of alkyl halides is 2. The highest BCUT2D eigenvalue weighted by atomic mass is 19.3. The summed E-state index contributed by atoms with van der Waals surface area (Å²) in [6.45, 7) is 0. The summed E-state index contributed by atoms with van der Waals surface area (Å²) < 4.78 is 24.4. The van der Waals surface area contributed by atoms with Crippen LogP contribution in [-0.4, -0.2) is 19.0 Å². The van der Waals surface area contributed by atoms with Crippen molar-refractivity contribution in [2.75, 3.05) is 7.05 Å². The molecule has 0 radical (unpaired) electrons. The maximum Gasteiger partial charge on any atom is 0.244 e. The first-order chi connectivity index (χ1) is 4.63. The zero-order valence-electron chi connectivity index (χ0n) is 5.95. The summed E-state index contributed by atoms with van der Waals surface area (Å²) in [5.74, 6) is 0. The van der Waals surface area contributed by atoms with Crippen LogP contribution in [0.25, 0.3) is 0 Å². The van der Waals surface area contributed by atoms with E-state index in [1.54, 1.807) is 0 Å². The van der Waals surface area contributed by atoms with Gasteiger partial charge in [-0.25, -0.2) is 8.78 Å². The Morgan fingerprint density at radius 3 is 2.10 bits per heavy atom. The van der Waals surface area contributed by atoms with Crippen LogP contribution >= 0.6 is 0 Å². The molecule has 3 rings (SSSR count). The molecule has 2 bridgehead atoms. The number of hydrogen-bond acceptors (Lipinski definition) is 1. The van der Waals surface area contributed by atoms with Gasteiger partial charge >= 0.3 is 0 Å². The van der Waals surface area contributed by atoms with Gasteiger partial charge in [-0.1, -0.05) is 0 Å². The van der Waals surface area contributed by atoms with E-state index in [0.717, 1.165) is 0 Å². The van der Waals surface area contributed by atoms with E-state index in [4.69, 9.17) is 0 Å². The number of hydrogen-bond donors (Lipinski definition) is 1. The minimum absolute atomic E-state index is 0.121. The van der Waals surface area contributed by atoms with Gasteiger partial charge in [0.25, 0.3) is 0 Å². The van der Waals surface area contributed by atoms with Crippen LogP contribution in [0.5, 0.6) is 0 Å². The van der Waals surface area contributed by atoms with Crippen molar-refractivity contribution in [1.29, 1.82) is 0 Å². The minimum atomic E-state index is -2.09. The molecular weight excluding hydrogens is 136 g/mol. The lowest BCUT2D eigenvalue weighted by atomic mass is 9.39. The average Bonchev–Trinajstić information content (AvgIpc) is 1.57. The predicted molar refractivity (Wildman–Crippen MR) is 34.1 cm³/mol. The summed E-state index contributed by atoms with van der Waals surface area (Å²) in [6, 6.07) is 0. The van der Waals surface area contributed by atoms with E-state index in [-0.39, 0.29) is 5.54 Å². The molecule has 3 saturated carbocycles. The SMILES string of the molecule is CNC12CC(C(F)F)(C1)C2. The first-order valence-electron chi connectivity index (χ1n) is 3.60. The molecule has 0 aromatic heterocycles. The third kappa shape index (κ3) is 0.506. The molecule has 1 nitrogen and oxygen atoms in total. The lowest BCUT2D eigenvalue weighted by Gasteiger charge is -2.70. The predicted octanol–water partition coefficient (Wildman–Crippen LogP) is 1.39. The maximum absolute atomic E-state index is 12.2. The van der Waals surface area contributed by atoms with Gasteiger partial charge < -0.3 is 5.32 Å². The Morgan fingerprint density at radius 1 is 1.30 bits per heavy atom. The normalized spacial score (nSPS) is 50.4. The van der Waals surface area contributed by atoms with Gasteiger partial charge in [-0.15, -0.1) is 0 Å². The van der Waals surface area contributed by atoms with Gasteiger partial charge in [-0.2, -0.15) is 0 Å². The lowest BCUT2D eigenvalue weighted by molar-refractivity contribution is -0.226. The molecule has 10 heavy (non-hydrogen) atoms. The summed E-state index contributed by atoms with van der Waals surface area (Å²) in [5, 5.41) is 3.09. The fourth-order valence-corrected chi connectivity index (χ4v) is 2.36. The van der Waals surface area contributed by atoms with E-state index < -0.39 is 11.8 Å². The molecule has 0 spiro atoms. The molecule has 58 valence electrons. The van der Waals surface area contributed by atoms with E-state index in [1.165, 1.54) is 0 Å². The Balaban J connectivity index is 1.98. The quantitative estimate of drug-likeness (QED) is 0.622. The van der Waals surface area contributed by atoms with Gasteiger partial charge in [0.2, 0.25) is 6.43 Å². The zero-order chi connectivity index (χ0) is 7.41. The largest absolute Gasteiger partial charge is 0.314 e. The van der Waals surface area contributed by atoms with Gasteiger partial charge in [0.15, 0.2) is 0 Å². The molecule has 0 aliphatic heterocycles. The average molecular weight is 147 g/mol. The Hall–Kier alpha value is -0.180. The third-order valence-corrected chi connectivity index (χ3v) is 3.06. The zero-order valence-corrected chi connectivity index (χ0v) is 5.95. The second-order valence-corrected chi connectivity index (χ2v) is 3.72. The van der Waals surface area contributed by atoms with Gasteiger partial charge in [0.05, 0.1) is 0 Å². The van der Waals surface area contributed by atoms with Crippen molar-refractivity contribution >= 4 is 0 Å². The molecular formula is C7H11F2N. The van der Waals surface area contributed by atoms with Gasteiger partial charge in [0.1, 0.15) is 0 Å².